The van der Waals surface area contributed by atoms with Crippen LogP contribution in [0.4, 0.5) is 0 Å². The van der Waals surface area contributed by atoms with Crippen molar-refractivity contribution >= 4 is 0 Å². The lowest BCUT2D eigenvalue weighted by molar-refractivity contribution is 0.0810. The summed E-state index contributed by atoms with van der Waals surface area (Å²) in [5, 5.41) is 0. The minimum absolute atomic E-state index is 0.411. The topological polar surface area (TPSA) is 129 Å². The van der Waals surface area contributed by atoms with Crippen molar-refractivity contribution in [2.75, 3.05) is 0 Å². The summed E-state index contributed by atoms with van der Waals surface area (Å²) in [6, 6.07) is 0. The number of hydrogen-bond donors (Lipinski definition) is 0. The third-order valence-corrected chi connectivity index (χ3v) is 11.9. The molecule has 0 N–H and O–H groups in total. The zero-order valence-electron chi connectivity index (χ0n) is 27.2. The lowest BCUT2D eigenvalue weighted by Gasteiger charge is -2.47. The van der Waals surface area contributed by atoms with Crippen LogP contribution in [0.1, 0.15) is 115 Å². The molecule has 0 radical (unpaired) electrons. The van der Waals surface area contributed by atoms with Crippen molar-refractivity contribution in [2.24, 2.45) is 23.7 Å². The van der Waals surface area contributed by atoms with Gasteiger partial charge in [0.25, 0.3) is 0 Å². The van der Waals surface area contributed by atoms with E-state index in [9.17, 15) is 0 Å². The molecule has 3 aliphatic rings. The molecule has 3 saturated carbocycles. The second-order valence-corrected chi connectivity index (χ2v) is 14.5. The van der Waals surface area contributed by atoms with Crippen LogP contribution < -0.4 is 0 Å². The molecule has 10 heteroatoms. The van der Waals surface area contributed by atoms with E-state index in [1.807, 2.05) is 49.6 Å². The van der Waals surface area contributed by atoms with Crippen molar-refractivity contribution in [3.63, 3.8) is 0 Å². The van der Waals surface area contributed by atoms with E-state index in [2.05, 4.69) is 62.2 Å². The normalized spacial score (nSPS) is 30.8. The fourth-order valence-corrected chi connectivity index (χ4v) is 9.64. The number of hydrogen-bond acceptors (Lipinski definition) is 10. The first kappa shape index (κ1) is 30.7. The molecule has 6 atom stereocenters. The molecule has 3 aliphatic carbocycles. The molecule has 0 spiro atoms. The van der Waals surface area contributed by atoms with Crippen molar-refractivity contribution in [1.82, 2.24) is 49.8 Å². The van der Waals surface area contributed by atoms with Crippen LogP contribution in [0.5, 0.6) is 0 Å². The van der Waals surface area contributed by atoms with Gasteiger partial charge in [-0.05, 0) is 139 Å². The summed E-state index contributed by atoms with van der Waals surface area (Å²) in [4.78, 5) is 44.3. The van der Waals surface area contributed by atoms with E-state index >= 15 is 0 Å². The van der Waals surface area contributed by atoms with E-state index in [0.29, 0.717) is 53.3 Å². The van der Waals surface area contributed by atoms with Crippen LogP contribution in [0.25, 0.3) is 0 Å². The van der Waals surface area contributed by atoms with Crippen LogP contribution in [0.15, 0.2) is 93.6 Å². The van der Waals surface area contributed by atoms with Crippen LogP contribution in [-0.2, 0) is 0 Å². The lowest BCUT2D eigenvalue weighted by Crippen LogP contribution is -2.36. The van der Waals surface area contributed by atoms with Gasteiger partial charge in [0.2, 0.25) is 0 Å². The Hall–Kier alpha value is -4.60. The molecule has 5 heterocycles. The molecular weight excluding hydrogens is 596 g/mol. The average molecular weight is 639 g/mol. The van der Waals surface area contributed by atoms with Gasteiger partial charge < -0.3 is 0 Å². The summed E-state index contributed by atoms with van der Waals surface area (Å²) in [6.45, 7) is 0. The maximum atomic E-state index is 4.48. The van der Waals surface area contributed by atoms with Gasteiger partial charge in [-0.2, -0.15) is 0 Å². The molecule has 3 fully saturated rings. The van der Waals surface area contributed by atoms with Crippen LogP contribution in [0.3, 0.4) is 0 Å². The molecule has 8 rings (SSSR count). The molecule has 6 unspecified atom stereocenters. The summed E-state index contributed by atoms with van der Waals surface area (Å²) in [5.74, 6) is 4.41. The minimum atomic E-state index is 0.411. The highest BCUT2D eigenvalue weighted by molar-refractivity contribution is 5.22. The predicted molar refractivity (Wildman–Crippen MR) is 179 cm³/mol. The highest BCUT2D eigenvalue weighted by Crippen LogP contribution is 2.55. The van der Waals surface area contributed by atoms with E-state index in [-0.39, 0.29) is 0 Å². The first-order valence-corrected chi connectivity index (χ1v) is 17.5. The van der Waals surface area contributed by atoms with Crippen molar-refractivity contribution in [3.05, 3.63) is 121 Å². The van der Waals surface area contributed by atoms with Gasteiger partial charge in [0, 0.05) is 62.0 Å². The molecule has 5 aromatic rings. The quantitative estimate of drug-likeness (QED) is 0.186. The molecule has 0 amide bonds. The molecule has 10 nitrogen and oxygen atoms in total. The summed E-state index contributed by atoms with van der Waals surface area (Å²) < 4.78 is 0. The zero-order valence-corrected chi connectivity index (χ0v) is 27.2. The van der Waals surface area contributed by atoms with Gasteiger partial charge in [-0.3, -0.25) is 0 Å². The van der Waals surface area contributed by atoms with Crippen LogP contribution in [-0.4, -0.2) is 49.8 Å². The van der Waals surface area contributed by atoms with Crippen molar-refractivity contribution in [3.8, 4) is 0 Å². The maximum absolute atomic E-state index is 4.48. The fourth-order valence-electron chi connectivity index (χ4n) is 9.64. The van der Waals surface area contributed by atoms with E-state index in [4.69, 9.17) is 0 Å². The second kappa shape index (κ2) is 14.3. The van der Waals surface area contributed by atoms with E-state index < -0.39 is 0 Å². The Morgan fingerprint density at radius 1 is 0.250 bits per heavy atom. The maximum Gasteiger partial charge on any atom is 0.115 e. The summed E-state index contributed by atoms with van der Waals surface area (Å²) in [7, 11) is 0. The fraction of sp³-hybridized carbons (Fsp3) is 0.474. The second-order valence-electron chi connectivity index (χ2n) is 14.5. The van der Waals surface area contributed by atoms with Crippen LogP contribution in [0.2, 0.25) is 0 Å². The Kier molecular flexibility index (Phi) is 9.12. The van der Waals surface area contributed by atoms with Crippen molar-refractivity contribution in [2.45, 2.75) is 87.4 Å². The zero-order chi connectivity index (χ0) is 32.1. The third kappa shape index (κ3) is 6.84. The van der Waals surface area contributed by atoms with Gasteiger partial charge in [0.05, 0.1) is 0 Å². The van der Waals surface area contributed by atoms with E-state index in [1.165, 1.54) is 47.1 Å². The number of aromatic nitrogens is 10. The highest BCUT2D eigenvalue weighted by atomic mass is 14.8. The Balaban J connectivity index is 1.12. The molecule has 0 saturated heterocycles. The monoisotopic (exact) mass is 638 g/mol. The van der Waals surface area contributed by atoms with E-state index in [1.54, 1.807) is 31.6 Å². The van der Waals surface area contributed by atoms with Crippen LogP contribution >= 0.6 is 0 Å². The molecule has 244 valence electrons. The summed E-state index contributed by atoms with van der Waals surface area (Å²) in [6.07, 6.45) is 38.9. The SMILES string of the molecule is c1ncc(C2CC(c3cncnc3)CC(C3CC(c4cncnc4)CC(C4CC(c5cncnc5)CC(c5cncnc5)C4)C3)C2)cn1. The lowest BCUT2D eigenvalue weighted by atomic mass is 9.57. The number of nitrogens with zero attached hydrogens (tertiary/aromatic N) is 10. The van der Waals surface area contributed by atoms with Gasteiger partial charge in [-0.15, -0.1) is 0 Å². The molecule has 0 aliphatic heterocycles. The first-order valence-electron chi connectivity index (χ1n) is 17.5. The average Bonchev–Trinajstić information content (AvgIpc) is 3.19. The van der Waals surface area contributed by atoms with Crippen molar-refractivity contribution in [1.29, 1.82) is 0 Å². The van der Waals surface area contributed by atoms with Gasteiger partial charge >= 0.3 is 0 Å². The predicted octanol–water partition coefficient (Wildman–Crippen LogP) is 6.87. The Bertz CT molecular complexity index is 1510. The summed E-state index contributed by atoms with van der Waals surface area (Å²) in [5.41, 5.74) is 6.27. The van der Waals surface area contributed by atoms with Gasteiger partial charge in [0.15, 0.2) is 0 Å². The van der Waals surface area contributed by atoms with Gasteiger partial charge in [0.1, 0.15) is 31.6 Å². The van der Waals surface area contributed by atoms with Gasteiger partial charge in [-0.25, -0.2) is 49.8 Å². The standard InChI is InChI=1S/C38H42N10/c1-25(27-4-30(35-12-41-21-42-13-35)8-31(5-27)36-14-43-22-44-15-36)2-29(34-10-39-20-40-11-34)3-26(1)28-6-32(37-16-45-23-46-17-37)9-33(7-28)38-18-47-24-48-19-38/h10-33H,1-9H2. The van der Waals surface area contributed by atoms with Crippen LogP contribution in [0, 0.1) is 23.7 Å². The Morgan fingerprint density at radius 3 is 0.667 bits per heavy atom. The molecule has 0 bridgehead atoms. The Labute approximate surface area is 281 Å². The van der Waals surface area contributed by atoms with Gasteiger partial charge in [-0.1, -0.05) is 0 Å². The summed E-state index contributed by atoms with van der Waals surface area (Å²) >= 11 is 0. The smallest absolute Gasteiger partial charge is 0.115 e. The molecular formula is C38H42N10. The van der Waals surface area contributed by atoms with Crippen molar-refractivity contribution < 1.29 is 0 Å². The Morgan fingerprint density at radius 2 is 0.438 bits per heavy atom. The molecule has 5 aromatic heterocycles. The number of rotatable bonds is 7. The third-order valence-electron chi connectivity index (χ3n) is 11.9. The first-order chi connectivity index (χ1) is 23.8. The van der Waals surface area contributed by atoms with E-state index in [0.717, 1.165) is 38.5 Å². The highest BCUT2D eigenvalue weighted by Gasteiger charge is 2.43. The molecule has 0 aromatic carbocycles. The molecule has 48 heavy (non-hydrogen) atoms. The largest absolute Gasteiger partial charge is 0.245 e. The minimum Gasteiger partial charge on any atom is -0.245 e.